The zero-order valence-electron chi connectivity index (χ0n) is 12.1. The molecule has 104 valence electrons. The maximum atomic E-state index is 3.65. The lowest BCUT2D eigenvalue weighted by atomic mass is 10.1. The summed E-state index contributed by atoms with van der Waals surface area (Å²) < 4.78 is 0. The molecule has 2 heteroatoms. The van der Waals surface area contributed by atoms with Crippen molar-refractivity contribution in [3.8, 4) is 0 Å². The fourth-order valence-corrected chi connectivity index (χ4v) is 3.03. The predicted molar refractivity (Wildman–Crippen MR) is 80.4 cm³/mol. The summed E-state index contributed by atoms with van der Waals surface area (Å²) in [7, 11) is 0. The van der Waals surface area contributed by atoms with E-state index in [9.17, 15) is 0 Å². The van der Waals surface area contributed by atoms with Crippen molar-refractivity contribution in [3.63, 3.8) is 0 Å². The third-order valence-corrected chi connectivity index (χ3v) is 4.41. The van der Waals surface area contributed by atoms with Crippen molar-refractivity contribution < 1.29 is 0 Å². The molecule has 1 saturated heterocycles. The second-order valence-electron chi connectivity index (χ2n) is 6.31. The molecule has 2 nitrogen and oxygen atoms in total. The first-order chi connectivity index (χ1) is 9.31. The van der Waals surface area contributed by atoms with Gasteiger partial charge < -0.3 is 10.2 Å². The standard InChI is InChI=1S/C17H26N2/c1-14(13-19-10-2-3-11-19)18-12-15-4-6-16(7-5-15)17-8-9-17/h4-7,14,17-18H,2-3,8-13H2,1H3. The number of rotatable bonds is 6. The van der Waals surface area contributed by atoms with Crippen LogP contribution in [-0.4, -0.2) is 30.6 Å². The van der Waals surface area contributed by atoms with Gasteiger partial charge in [-0.2, -0.15) is 0 Å². The summed E-state index contributed by atoms with van der Waals surface area (Å²) in [5.74, 6) is 0.871. The Morgan fingerprint density at radius 2 is 1.84 bits per heavy atom. The first kappa shape index (κ1) is 13.1. The van der Waals surface area contributed by atoms with Crippen LogP contribution in [0.15, 0.2) is 24.3 Å². The average molecular weight is 258 g/mol. The minimum Gasteiger partial charge on any atom is -0.309 e. The second kappa shape index (κ2) is 6.06. The van der Waals surface area contributed by atoms with Crippen molar-refractivity contribution in [2.75, 3.05) is 19.6 Å². The van der Waals surface area contributed by atoms with Crippen LogP contribution in [0.5, 0.6) is 0 Å². The molecule has 1 aromatic carbocycles. The van der Waals surface area contributed by atoms with E-state index in [4.69, 9.17) is 0 Å². The third kappa shape index (κ3) is 3.80. The van der Waals surface area contributed by atoms with E-state index in [1.165, 1.54) is 56.4 Å². The Balaban J connectivity index is 1.42. The lowest BCUT2D eigenvalue weighted by Gasteiger charge is -2.21. The zero-order valence-corrected chi connectivity index (χ0v) is 12.1. The molecule has 1 aliphatic heterocycles. The lowest BCUT2D eigenvalue weighted by molar-refractivity contribution is 0.298. The summed E-state index contributed by atoms with van der Waals surface area (Å²) in [5, 5.41) is 3.65. The van der Waals surface area contributed by atoms with E-state index in [0.29, 0.717) is 6.04 Å². The monoisotopic (exact) mass is 258 g/mol. The van der Waals surface area contributed by atoms with E-state index in [1.807, 2.05) is 0 Å². The Bertz CT molecular complexity index is 388. The second-order valence-corrected chi connectivity index (χ2v) is 6.31. The van der Waals surface area contributed by atoms with Crippen molar-refractivity contribution in [1.29, 1.82) is 0 Å². The third-order valence-electron chi connectivity index (χ3n) is 4.41. The van der Waals surface area contributed by atoms with Gasteiger partial charge in [0, 0.05) is 19.1 Å². The van der Waals surface area contributed by atoms with Gasteiger partial charge in [0.1, 0.15) is 0 Å². The van der Waals surface area contributed by atoms with Gasteiger partial charge in [0.05, 0.1) is 0 Å². The van der Waals surface area contributed by atoms with Crippen molar-refractivity contribution in [2.24, 2.45) is 0 Å². The van der Waals surface area contributed by atoms with Crippen molar-refractivity contribution in [3.05, 3.63) is 35.4 Å². The highest BCUT2D eigenvalue weighted by Crippen LogP contribution is 2.39. The molecule has 0 radical (unpaired) electrons. The number of hydrogen-bond acceptors (Lipinski definition) is 2. The SMILES string of the molecule is CC(CN1CCCC1)NCc1ccc(C2CC2)cc1. The molecule has 2 aliphatic rings. The van der Waals surface area contributed by atoms with Gasteiger partial charge in [-0.05, 0) is 62.7 Å². The Morgan fingerprint density at radius 3 is 2.47 bits per heavy atom. The Kier molecular flexibility index (Phi) is 4.19. The number of nitrogens with one attached hydrogen (secondary N) is 1. The molecule has 1 aromatic rings. The van der Waals surface area contributed by atoms with Gasteiger partial charge in [0.15, 0.2) is 0 Å². The molecule has 0 spiro atoms. The first-order valence-electron chi connectivity index (χ1n) is 7.86. The minimum absolute atomic E-state index is 0.584. The van der Waals surface area contributed by atoms with E-state index in [-0.39, 0.29) is 0 Å². The maximum Gasteiger partial charge on any atom is 0.0208 e. The summed E-state index contributed by atoms with van der Waals surface area (Å²) in [5.41, 5.74) is 2.95. The zero-order chi connectivity index (χ0) is 13.1. The number of nitrogens with zero attached hydrogens (tertiary/aromatic N) is 1. The predicted octanol–water partition coefficient (Wildman–Crippen LogP) is 3.14. The van der Waals surface area contributed by atoms with E-state index in [2.05, 4.69) is 41.4 Å². The highest BCUT2D eigenvalue weighted by atomic mass is 15.2. The van der Waals surface area contributed by atoms with E-state index < -0.39 is 0 Å². The molecule has 0 bridgehead atoms. The molecule has 1 aliphatic carbocycles. The van der Waals surface area contributed by atoms with Crippen LogP contribution >= 0.6 is 0 Å². The molecule has 1 heterocycles. The minimum atomic E-state index is 0.584. The van der Waals surface area contributed by atoms with Gasteiger partial charge in [-0.3, -0.25) is 0 Å². The lowest BCUT2D eigenvalue weighted by Crippen LogP contribution is -2.37. The molecule has 0 aromatic heterocycles. The smallest absolute Gasteiger partial charge is 0.0208 e. The van der Waals surface area contributed by atoms with Crippen LogP contribution in [0.25, 0.3) is 0 Å². The molecule has 3 rings (SSSR count). The maximum absolute atomic E-state index is 3.65. The molecular weight excluding hydrogens is 232 g/mol. The molecule has 2 fully saturated rings. The number of likely N-dealkylation sites (tertiary alicyclic amines) is 1. The summed E-state index contributed by atoms with van der Waals surface area (Å²) in [6.45, 7) is 7.08. The van der Waals surface area contributed by atoms with Crippen LogP contribution in [0, 0.1) is 0 Å². The van der Waals surface area contributed by atoms with Gasteiger partial charge in [0.2, 0.25) is 0 Å². The quantitative estimate of drug-likeness (QED) is 0.843. The average Bonchev–Trinajstić information content (AvgIpc) is 3.16. The highest BCUT2D eigenvalue weighted by molar-refractivity contribution is 5.27. The number of hydrogen-bond donors (Lipinski definition) is 1. The summed E-state index contributed by atoms with van der Waals surface area (Å²) in [6, 6.07) is 9.81. The highest BCUT2D eigenvalue weighted by Gasteiger charge is 2.22. The Labute approximate surface area is 117 Å². The van der Waals surface area contributed by atoms with E-state index in [1.54, 1.807) is 0 Å². The van der Waals surface area contributed by atoms with Crippen LogP contribution in [0.2, 0.25) is 0 Å². The van der Waals surface area contributed by atoms with E-state index in [0.717, 1.165) is 12.5 Å². The molecule has 1 atom stereocenters. The topological polar surface area (TPSA) is 15.3 Å². The van der Waals surface area contributed by atoms with Crippen LogP contribution in [0.4, 0.5) is 0 Å². The molecule has 1 N–H and O–H groups in total. The van der Waals surface area contributed by atoms with Gasteiger partial charge in [-0.1, -0.05) is 24.3 Å². The largest absolute Gasteiger partial charge is 0.309 e. The first-order valence-corrected chi connectivity index (χ1v) is 7.86. The van der Waals surface area contributed by atoms with Crippen LogP contribution in [-0.2, 0) is 6.54 Å². The summed E-state index contributed by atoms with van der Waals surface area (Å²) in [6.07, 6.45) is 5.56. The van der Waals surface area contributed by atoms with Crippen LogP contribution < -0.4 is 5.32 Å². The van der Waals surface area contributed by atoms with Gasteiger partial charge in [0.25, 0.3) is 0 Å². The van der Waals surface area contributed by atoms with Crippen molar-refractivity contribution in [2.45, 2.75) is 51.1 Å². The van der Waals surface area contributed by atoms with Crippen molar-refractivity contribution >= 4 is 0 Å². The fourth-order valence-electron chi connectivity index (χ4n) is 3.03. The molecule has 1 unspecified atom stereocenters. The fraction of sp³-hybridized carbons (Fsp3) is 0.647. The molecule has 19 heavy (non-hydrogen) atoms. The molecule has 0 amide bonds. The summed E-state index contributed by atoms with van der Waals surface area (Å²) >= 11 is 0. The van der Waals surface area contributed by atoms with Crippen molar-refractivity contribution in [1.82, 2.24) is 10.2 Å². The van der Waals surface area contributed by atoms with Gasteiger partial charge in [-0.15, -0.1) is 0 Å². The molecular formula is C17H26N2. The normalized spacial score (nSPS) is 21.7. The van der Waals surface area contributed by atoms with Crippen LogP contribution in [0.3, 0.4) is 0 Å². The molecule has 1 saturated carbocycles. The van der Waals surface area contributed by atoms with Gasteiger partial charge in [-0.25, -0.2) is 0 Å². The van der Waals surface area contributed by atoms with E-state index >= 15 is 0 Å². The Morgan fingerprint density at radius 1 is 1.16 bits per heavy atom. The van der Waals surface area contributed by atoms with Crippen LogP contribution in [0.1, 0.15) is 49.7 Å². The Hall–Kier alpha value is -0.860. The summed E-state index contributed by atoms with van der Waals surface area (Å²) in [4.78, 5) is 2.58. The number of benzene rings is 1. The van der Waals surface area contributed by atoms with Gasteiger partial charge >= 0.3 is 0 Å².